The molecule has 0 saturated carbocycles. The minimum atomic E-state index is -0.575. The highest BCUT2D eigenvalue weighted by Gasteiger charge is 2.17. The lowest BCUT2D eigenvalue weighted by molar-refractivity contribution is -0.163. The van der Waals surface area contributed by atoms with Gasteiger partial charge < -0.3 is 14.2 Å². The van der Waals surface area contributed by atoms with E-state index < -0.39 is 6.10 Å². The molecule has 0 aliphatic rings. The van der Waals surface area contributed by atoms with Crippen LogP contribution in [0.3, 0.4) is 0 Å². The molecule has 0 N–H and O–H groups in total. The molecule has 0 aliphatic heterocycles. The highest BCUT2D eigenvalue weighted by molar-refractivity contribution is 5.70. The van der Waals surface area contributed by atoms with Crippen LogP contribution in [0, 0.1) is 0 Å². The molecule has 0 fully saturated rings. The van der Waals surface area contributed by atoms with Crippen molar-refractivity contribution in [3.05, 3.63) is 122 Å². The summed E-state index contributed by atoms with van der Waals surface area (Å²) in [4.78, 5) is 25.6. The fourth-order valence-corrected chi connectivity index (χ4v) is 8.09. The van der Waals surface area contributed by atoms with E-state index in [1.807, 2.05) is 0 Å². The van der Waals surface area contributed by atoms with E-state index in [-0.39, 0.29) is 25.2 Å². The quantitative estimate of drug-likeness (QED) is 0.0345. The van der Waals surface area contributed by atoms with Crippen LogP contribution < -0.4 is 0 Å². The molecule has 1 unspecified atom stereocenters. The van der Waals surface area contributed by atoms with Crippen molar-refractivity contribution in [1.82, 2.24) is 0 Å². The van der Waals surface area contributed by atoms with Crippen LogP contribution in [0.15, 0.2) is 122 Å². The Morgan fingerprint density at radius 1 is 0.319 bits per heavy atom. The monoisotopic (exact) mass is 997 g/mol. The summed E-state index contributed by atoms with van der Waals surface area (Å²) in [6, 6.07) is 0. The Bertz CT molecular complexity index is 1450. The zero-order chi connectivity index (χ0) is 52.0. The molecule has 72 heavy (non-hydrogen) atoms. The first-order chi connectivity index (χ1) is 35.6. The molecule has 0 aromatic heterocycles. The van der Waals surface area contributed by atoms with Crippen LogP contribution in [0.4, 0.5) is 0 Å². The summed E-state index contributed by atoms with van der Waals surface area (Å²) < 4.78 is 17.5. The summed E-state index contributed by atoms with van der Waals surface area (Å²) in [7, 11) is 0. The standard InChI is InChI=1S/C67H112O5/c1-4-7-10-13-16-19-22-25-28-31-34-36-39-42-45-48-51-54-57-60-66(68)71-64-65(63-70-62-59-56-53-50-47-44-41-38-33-30-27-24-21-18-15-12-9-6-3)72-67(69)61-58-55-52-49-46-43-40-37-35-32-29-26-23-20-17-14-11-8-5-2/h7-8,10-11,16-17,19-20,25-26,28-29,34-37,42-43,45-46,65H,4-6,9,12-15,18,21-24,27,30-33,38-41,44,47-64H2,1-3H3/b10-7-,11-8-,19-16-,20-17-,28-25-,29-26-,36-34-,37-35-,45-42-,46-43-. The number of rotatable bonds is 54. The Morgan fingerprint density at radius 2 is 0.625 bits per heavy atom. The number of esters is 2. The summed E-state index contributed by atoms with van der Waals surface area (Å²) >= 11 is 0. The normalized spacial score (nSPS) is 13.1. The Labute approximate surface area is 446 Å². The number of carbonyl (C=O) groups excluding carboxylic acids is 2. The molecule has 0 amide bonds. The lowest BCUT2D eigenvalue weighted by Crippen LogP contribution is -2.30. The third-order valence-corrected chi connectivity index (χ3v) is 12.5. The van der Waals surface area contributed by atoms with Crippen molar-refractivity contribution in [2.75, 3.05) is 19.8 Å². The van der Waals surface area contributed by atoms with E-state index >= 15 is 0 Å². The van der Waals surface area contributed by atoms with Crippen molar-refractivity contribution in [2.45, 2.75) is 271 Å². The third kappa shape index (κ3) is 58.9. The van der Waals surface area contributed by atoms with Gasteiger partial charge in [-0.1, -0.05) is 264 Å². The molecule has 0 heterocycles. The summed E-state index contributed by atoms with van der Waals surface area (Å²) in [5.74, 6) is -0.470. The average molecular weight is 998 g/mol. The van der Waals surface area contributed by atoms with Crippen molar-refractivity contribution < 1.29 is 23.8 Å². The van der Waals surface area contributed by atoms with Gasteiger partial charge in [0.25, 0.3) is 0 Å². The molecule has 0 aromatic carbocycles. The number of unbranched alkanes of at least 4 members (excludes halogenated alkanes) is 23. The Hall–Kier alpha value is -3.70. The average Bonchev–Trinajstić information content (AvgIpc) is 3.38. The maximum atomic E-state index is 12.9. The van der Waals surface area contributed by atoms with Gasteiger partial charge in [0, 0.05) is 19.4 Å². The van der Waals surface area contributed by atoms with Crippen LogP contribution >= 0.6 is 0 Å². The molecule has 1 atom stereocenters. The molecule has 0 spiro atoms. The van der Waals surface area contributed by atoms with Crippen LogP contribution in [0.5, 0.6) is 0 Å². The van der Waals surface area contributed by atoms with E-state index in [0.29, 0.717) is 19.4 Å². The molecule has 0 saturated heterocycles. The van der Waals surface area contributed by atoms with Crippen LogP contribution in [0.2, 0.25) is 0 Å². The molecular formula is C67H112O5. The second kappa shape index (κ2) is 61.6. The molecule has 5 nitrogen and oxygen atoms in total. The SMILES string of the molecule is CC/C=C\C/C=C\C/C=C\C/C=C\C/C=C\CCCCCC(=O)OCC(COCCCCCCCCCCCCCCCCCCCC)OC(=O)CCCCC/C=C\C/C=C\C/C=C\C/C=C\C/C=C\CC. The highest BCUT2D eigenvalue weighted by atomic mass is 16.6. The van der Waals surface area contributed by atoms with Crippen molar-refractivity contribution in [3.63, 3.8) is 0 Å². The van der Waals surface area contributed by atoms with E-state index in [1.54, 1.807) is 0 Å². The lowest BCUT2D eigenvalue weighted by atomic mass is 10.0. The Kier molecular flexibility index (Phi) is 58.4. The molecule has 0 bridgehead atoms. The zero-order valence-electron chi connectivity index (χ0n) is 47.2. The van der Waals surface area contributed by atoms with Crippen molar-refractivity contribution in [2.24, 2.45) is 0 Å². The van der Waals surface area contributed by atoms with E-state index in [1.165, 1.54) is 103 Å². The highest BCUT2D eigenvalue weighted by Crippen LogP contribution is 2.15. The van der Waals surface area contributed by atoms with Crippen LogP contribution in [0.25, 0.3) is 0 Å². The van der Waals surface area contributed by atoms with Crippen molar-refractivity contribution >= 4 is 11.9 Å². The first kappa shape index (κ1) is 68.3. The number of allylic oxidation sites excluding steroid dienone is 20. The van der Waals surface area contributed by atoms with Gasteiger partial charge in [0.2, 0.25) is 0 Å². The second-order valence-corrected chi connectivity index (χ2v) is 19.5. The summed E-state index contributed by atoms with van der Waals surface area (Å²) in [6.45, 7) is 7.55. The van der Waals surface area contributed by atoms with Gasteiger partial charge in [0.15, 0.2) is 6.10 Å². The van der Waals surface area contributed by atoms with Gasteiger partial charge in [-0.2, -0.15) is 0 Å². The smallest absolute Gasteiger partial charge is 0.306 e. The fourth-order valence-electron chi connectivity index (χ4n) is 8.09. The van der Waals surface area contributed by atoms with Crippen molar-refractivity contribution in [1.29, 1.82) is 0 Å². The van der Waals surface area contributed by atoms with Crippen LogP contribution in [0.1, 0.15) is 265 Å². The van der Waals surface area contributed by atoms with E-state index in [0.717, 1.165) is 128 Å². The maximum absolute atomic E-state index is 12.9. The minimum absolute atomic E-state index is 0.0494. The largest absolute Gasteiger partial charge is 0.462 e. The van der Waals surface area contributed by atoms with Crippen LogP contribution in [-0.4, -0.2) is 37.9 Å². The number of ether oxygens (including phenoxy) is 3. The van der Waals surface area contributed by atoms with Gasteiger partial charge in [0.1, 0.15) is 6.61 Å². The summed E-state index contributed by atoms with van der Waals surface area (Å²) in [5, 5.41) is 0. The number of hydrogen-bond donors (Lipinski definition) is 0. The molecule has 0 rings (SSSR count). The topological polar surface area (TPSA) is 61.8 Å². The number of carbonyl (C=O) groups is 2. The van der Waals surface area contributed by atoms with Gasteiger partial charge in [0.05, 0.1) is 6.61 Å². The van der Waals surface area contributed by atoms with Crippen LogP contribution in [-0.2, 0) is 23.8 Å². The molecule has 0 aromatic rings. The lowest BCUT2D eigenvalue weighted by Gasteiger charge is -2.18. The van der Waals surface area contributed by atoms with Gasteiger partial charge in [-0.05, 0) is 109 Å². The Balaban J connectivity index is 4.42. The predicted molar refractivity (Wildman–Crippen MR) is 316 cm³/mol. The van der Waals surface area contributed by atoms with Gasteiger partial charge >= 0.3 is 11.9 Å². The first-order valence-corrected chi connectivity index (χ1v) is 30.1. The fraction of sp³-hybridized carbons (Fsp3) is 0.672. The zero-order valence-corrected chi connectivity index (χ0v) is 47.2. The van der Waals surface area contributed by atoms with Gasteiger partial charge in [-0.15, -0.1) is 0 Å². The van der Waals surface area contributed by atoms with E-state index in [2.05, 4.69) is 142 Å². The number of hydrogen-bond acceptors (Lipinski definition) is 5. The first-order valence-electron chi connectivity index (χ1n) is 30.1. The molecule has 5 heteroatoms. The molecular weight excluding hydrogens is 885 g/mol. The maximum Gasteiger partial charge on any atom is 0.306 e. The van der Waals surface area contributed by atoms with Gasteiger partial charge in [-0.3, -0.25) is 9.59 Å². The second-order valence-electron chi connectivity index (χ2n) is 19.5. The third-order valence-electron chi connectivity index (χ3n) is 12.5. The van der Waals surface area contributed by atoms with Crippen molar-refractivity contribution in [3.8, 4) is 0 Å². The Morgan fingerprint density at radius 3 is 0.986 bits per heavy atom. The van der Waals surface area contributed by atoms with E-state index in [9.17, 15) is 9.59 Å². The summed E-state index contributed by atoms with van der Waals surface area (Å²) in [6.07, 6.45) is 86.6. The van der Waals surface area contributed by atoms with Gasteiger partial charge in [-0.25, -0.2) is 0 Å². The summed E-state index contributed by atoms with van der Waals surface area (Å²) in [5.41, 5.74) is 0. The molecule has 0 aliphatic carbocycles. The van der Waals surface area contributed by atoms with E-state index in [4.69, 9.17) is 14.2 Å². The predicted octanol–water partition coefficient (Wildman–Crippen LogP) is 20.9. The molecule has 0 radical (unpaired) electrons. The minimum Gasteiger partial charge on any atom is -0.462 e. The molecule has 410 valence electrons.